The topological polar surface area (TPSA) is 31.4 Å². The second-order valence-corrected chi connectivity index (χ2v) is 8.51. The minimum absolute atomic E-state index is 0.0441. The number of benzene rings is 3. The van der Waals surface area contributed by atoms with E-state index in [1.165, 1.54) is 24.6 Å². The van der Waals surface area contributed by atoms with Crippen molar-refractivity contribution >= 4 is 21.5 Å². The van der Waals surface area contributed by atoms with Crippen molar-refractivity contribution in [3.05, 3.63) is 72.4 Å². The monoisotopic (exact) mass is 411 g/mol. The van der Waals surface area contributed by atoms with Gasteiger partial charge in [-0.05, 0) is 48.2 Å². The fraction of sp³-hybridized carbons (Fsp3) is 0.321. The van der Waals surface area contributed by atoms with Gasteiger partial charge in [0.25, 0.3) is 0 Å². The van der Waals surface area contributed by atoms with Crippen LogP contribution in [0.15, 0.2) is 66.9 Å². The van der Waals surface area contributed by atoms with Crippen LogP contribution in [-0.2, 0) is 4.74 Å². The van der Waals surface area contributed by atoms with Crippen molar-refractivity contribution in [3.63, 3.8) is 0 Å². The van der Waals surface area contributed by atoms with E-state index < -0.39 is 0 Å². The molecular formula is C28H29NO2. The molecule has 3 heteroatoms. The normalized spacial score (nSPS) is 15.9. The summed E-state index contributed by atoms with van der Waals surface area (Å²) in [5, 5.41) is 4.61. The maximum atomic E-state index is 6.62. The quantitative estimate of drug-likeness (QED) is 0.341. The van der Waals surface area contributed by atoms with Gasteiger partial charge in [-0.25, -0.2) is 0 Å². The Morgan fingerprint density at radius 3 is 2.35 bits per heavy atom. The summed E-state index contributed by atoms with van der Waals surface area (Å²) < 4.78 is 12.4. The predicted octanol–water partition coefficient (Wildman–Crippen LogP) is 7.47. The molecule has 0 radical (unpaired) electrons. The predicted molar refractivity (Wildman–Crippen MR) is 128 cm³/mol. The Kier molecular flexibility index (Phi) is 5.61. The molecule has 0 spiro atoms. The number of hydrogen-bond donors (Lipinski definition) is 0. The lowest BCUT2D eigenvalue weighted by atomic mass is 9.90. The Bertz CT molecular complexity index is 1210. The molecule has 0 aliphatic heterocycles. The summed E-state index contributed by atoms with van der Waals surface area (Å²) in [7, 11) is 1.74. The molecular weight excluding hydrogens is 382 g/mol. The molecule has 3 aromatic carbocycles. The first-order chi connectivity index (χ1) is 15.3. The number of pyridine rings is 1. The zero-order chi connectivity index (χ0) is 21.2. The second-order valence-electron chi connectivity index (χ2n) is 8.51. The Labute approximate surface area is 184 Å². The summed E-state index contributed by atoms with van der Waals surface area (Å²) in [5.41, 5.74) is 3.30. The summed E-state index contributed by atoms with van der Waals surface area (Å²) in [6, 6.07) is 21.2. The number of nitrogens with zero attached hydrogens (tertiary/aromatic N) is 1. The molecule has 0 amide bonds. The molecule has 1 aromatic heterocycles. The number of hydrogen-bond acceptors (Lipinski definition) is 3. The van der Waals surface area contributed by atoms with Crippen LogP contribution in [0.3, 0.4) is 0 Å². The zero-order valence-corrected chi connectivity index (χ0v) is 18.3. The van der Waals surface area contributed by atoms with E-state index in [1.54, 1.807) is 7.11 Å². The molecule has 1 fully saturated rings. The van der Waals surface area contributed by atoms with Gasteiger partial charge in [-0.2, -0.15) is 0 Å². The second kappa shape index (κ2) is 8.68. The first-order valence-electron chi connectivity index (χ1n) is 11.4. The van der Waals surface area contributed by atoms with Gasteiger partial charge in [0, 0.05) is 22.5 Å². The Morgan fingerprint density at radius 1 is 0.871 bits per heavy atom. The molecule has 0 saturated heterocycles. The van der Waals surface area contributed by atoms with Crippen molar-refractivity contribution in [2.24, 2.45) is 0 Å². The van der Waals surface area contributed by atoms with Crippen LogP contribution in [0, 0.1) is 0 Å². The van der Waals surface area contributed by atoms with Crippen molar-refractivity contribution < 1.29 is 9.47 Å². The van der Waals surface area contributed by atoms with Gasteiger partial charge in [-0.15, -0.1) is 0 Å². The number of aromatic nitrogens is 1. The van der Waals surface area contributed by atoms with E-state index in [2.05, 4.69) is 67.6 Å². The number of rotatable bonds is 5. The van der Waals surface area contributed by atoms with Crippen LogP contribution in [0.4, 0.5) is 0 Å². The smallest absolute Gasteiger partial charge is 0.127 e. The summed E-state index contributed by atoms with van der Waals surface area (Å²) in [6.45, 7) is 2.17. The minimum atomic E-state index is -0.0441. The molecule has 1 aliphatic carbocycles. The number of ether oxygens (including phenoxy) is 2. The molecule has 1 saturated carbocycles. The Morgan fingerprint density at radius 2 is 1.58 bits per heavy atom. The highest BCUT2D eigenvalue weighted by Gasteiger charge is 2.24. The fourth-order valence-electron chi connectivity index (χ4n) is 5.00. The van der Waals surface area contributed by atoms with Gasteiger partial charge in [0.2, 0.25) is 0 Å². The van der Waals surface area contributed by atoms with E-state index >= 15 is 0 Å². The third-order valence-electron chi connectivity index (χ3n) is 6.55. The fourth-order valence-corrected chi connectivity index (χ4v) is 5.00. The van der Waals surface area contributed by atoms with Gasteiger partial charge in [0.15, 0.2) is 0 Å². The lowest BCUT2D eigenvalue weighted by Crippen LogP contribution is -2.19. The largest absolute Gasteiger partial charge is 0.496 e. The maximum Gasteiger partial charge on any atom is 0.127 e. The number of fused-ring (bicyclic) bond motifs is 2. The van der Waals surface area contributed by atoms with Crippen molar-refractivity contribution in [1.29, 1.82) is 0 Å². The summed E-state index contributed by atoms with van der Waals surface area (Å²) in [6.07, 6.45) is 8.34. The molecule has 0 unspecified atom stereocenters. The minimum Gasteiger partial charge on any atom is -0.496 e. The summed E-state index contributed by atoms with van der Waals surface area (Å²) >= 11 is 0. The lowest BCUT2D eigenvalue weighted by Gasteiger charge is -2.28. The van der Waals surface area contributed by atoms with Crippen LogP contribution in [-0.4, -0.2) is 18.2 Å². The third kappa shape index (κ3) is 3.79. The van der Waals surface area contributed by atoms with Crippen molar-refractivity contribution in [1.82, 2.24) is 4.98 Å². The van der Waals surface area contributed by atoms with Crippen LogP contribution in [0.1, 0.15) is 50.7 Å². The van der Waals surface area contributed by atoms with Crippen LogP contribution in [0.2, 0.25) is 0 Å². The zero-order valence-electron chi connectivity index (χ0n) is 18.3. The molecule has 31 heavy (non-hydrogen) atoms. The molecule has 0 bridgehead atoms. The maximum absolute atomic E-state index is 6.62. The molecule has 5 rings (SSSR count). The molecule has 1 heterocycles. The molecule has 4 aromatic rings. The van der Waals surface area contributed by atoms with Gasteiger partial charge in [-0.3, -0.25) is 4.98 Å². The summed E-state index contributed by atoms with van der Waals surface area (Å²) in [4.78, 5) is 4.88. The first-order valence-corrected chi connectivity index (χ1v) is 11.4. The molecule has 1 aliphatic rings. The molecule has 1 atom stereocenters. The van der Waals surface area contributed by atoms with Crippen LogP contribution < -0.4 is 4.74 Å². The van der Waals surface area contributed by atoms with Crippen molar-refractivity contribution in [2.75, 3.05) is 7.11 Å². The van der Waals surface area contributed by atoms with Gasteiger partial charge in [0.1, 0.15) is 5.75 Å². The van der Waals surface area contributed by atoms with Gasteiger partial charge in [0.05, 0.1) is 25.0 Å². The van der Waals surface area contributed by atoms with E-state index in [1.807, 2.05) is 6.20 Å². The van der Waals surface area contributed by atoms with E-state index in [9.17, 15) is 0 Å². The van der Waals surface area contributed by atoms with Gasteiger partial charge < -0.3 is 9.47 Å². The Balaban J connectivity index is 1.74. The van der Waals surface area contributed by atoms with Crippen LogP contribution >= 0.6 is 0 Å². The Hall–Kier alpha value is -2.91. The van der Waals surface area contributed by atoms with Crippen molar-refractivity contribution in [2.45, 2.75) is 51.2 Å². The van der Waals surface area contributed by atoms with Gasteiger partial charge >= 0.3 is 0 Å². The number of methoxy groups -OCH3 is 1. The third-order valence-corrected chi connectivity index (χ3v) is 6.55. The van der Waals surface area contributed by atoms with E-state index in [4.69, 9.17) is 14.5 Å². The molecule has 0 N–H and O–H groups in total. The van der Waals surface area contributed by atoms with Crippen LogP contribution in [0.5, 0.6) is 5.75 Å². The average Bonchev–Trinajstić information content (AvgIpc) is 2.83. The molecule has 3 nitrogen and oxygen atoms in total. The van der Waals surface area contributed by atoms with E-state index in [0.29, 0.717) is 6.10 Å². The van der Waals surface area contributed by atoms with Crippen LogP contribution in [0.25, 0.3) is 32.8 Å². The van der Waals surface area contributed by atoms with Crippen molar-refractivity contribution in [3.8, 4) is 17.0 Å². The SMILES string of the molecule is COc1cc([C@@H](C)OC2CCCCC2)c(-c2nccc3ccccc23)c2ccccc12. The highest BCUT2D eigenvalue weighted by molar-refractivity contribution is 6.07. The standard InChI is InChI=1S/C28H29NO2/c1-19(31-21-11-4-3-5-12-21)25-18-26(30-2)23-14-8-9-15-24(23)27(25)28-22-13-7-6-10-20(22)16-17-29-28/h6-10,13-19,21H,3-5,11-12H2,1-2H3/t19-/m1/s1. The highest BCUT2D eigenvalue weighted by Crippen LogP contribution is 2.43. The van der Waals surface area contributed by atoms with E-state index in [-0.39, 0.29) is 6.10 Å². The lowest BCUT2D eigenvalue weighted by molar-refractivity contribution is -0.0220. The van der Waals surface area contributed by atoms with E-state index in [0.717, 1.165) is 51.6 Å². The highest BCUT2D eigenvalue weighted by atomic mass is 16.5. The average molecular weight is 412 g/mol. The first kappa shape index (κ1) is 20.0. The van der Waals surface area contributed by atoms with Gasteiger partial charge in [-0.1, -0.05) is 67.8 Å². The summed E-state index contributed by atoms with van der Waals surface area (Å²) in [5.74, 6) is 0.883. The molecule has 158 valence electrons.